The Hall–Kier alpha value is -6.22. The number of para-hydroxylation sites is 2. The molecule has 9 aromatic rings. The van der Waals surface area contributed by atoms with Crippen LogP contribution in [0.2, 0.25) is 0 Å². The lowest BCUT2D eigenvalue weighted by molar-refractivity contribution is 0.669. The molecule has 0 unspecified atom stereocenters. The molecular weight excluding hydrogens is 562 g/mol. The molecule has 6 aromatic carbocycles. The SMILES string of the molecule is CC1=C=C(n2c3ccccc3c3cc4c(ccc5oc6ccccc6c54)cc32)N=c2c(ccc3ccccc23)=C1c1cccnc1. The van der Waals surface area contributed by atoms with Crippen LogP contribution in [0.5, 0.6) is 0 Å². The van der Waals surface area contributed by atoms with Crippen molar-refractivity contribution in [1.29, 1.82) is 0 Å². The second-order valence-electron chi connectivity index (χ2n) is 12.0. The predicted octanol–water partition coefficient (Wildman–Crippen LogP) is 9.27. The van der Waals surface area contributed by atoms with E-state index in [9.17, 15) is 0 Å². The molecule has 214 valence electrons. The van der Waals surface area contributed by atoms with E-state index in [1.54, 1.807) is 0 Å². The van der Waals surface area contributed by atoms with Gasteiger partial charge < -0.3 is 4.42 Å². The van der Waals surface area contributed by atoms with Crippen LogP contribution in [-0.2, 0) is 0 Å². The molecule has 4 heteroatoms. The Labute approximate surface area is 263 Å². The van der Waals surface area contributed by atoms with Gasteiger partial charge in [0, 0.05) is 61.3 Å². The zero-order valence-corrected chi connectivity index (χ0v) is 25.0. The molecule has 0 saturated carbocycles. The lowest BCUT2D eigenvalue weighted by Crippen LogP contribution is -2.28. The summed E-state index contributed by atoms with van der Waals surface area (Å²) in [7, 11) is 0. The summed E-state index contributed by atoms with van der Waals surface area (Å²) in [6.45, 7) is 2.13. The summed E-state index contributed by atoms with van der Waals surface area (Å²) >= 11 is 0. The predicted molar refractivity (Wildman–Crippen MR) is 188 cm³/mol. The summed E-state index contributed by atoms with van der Waals surface area (Å²) < 4.78 is 8.54. The number of benzene rings is 6. The summed E-state index contributed by atoms with van der Waals surface area (Å²) in [5.74, 6) is 0.759. The number of rotatable bonds is 2. The average Bonchev–Trinajstić information content (AvgIpc) is 3.59. The Morgan fingerprint density at radius 3 is 2.33 bits per heavy atom. The van der Waals surface area contributed by atoms with E-state index in [-0.39, 0.29) is 0 Å². The highest BCUT2D eigenvalue weighted by atomic mass is 16.3. The first-order valence-electron chi connectivity index (χ1n) is 15.5. The number of nitrogens with zero attached hydrogens (tertiary/aromatic N) is 3. The standard InChI is InChI=1S/C42H25N3O/c1-25-21-39(44-42-29-11-3-2-9-26(29)16-18-32(42)40(25)28-10-8-20-43-24-28)45-35-14-6-4-12-30(35)34-23-33-27(22-36(34)45)17-19-38-41(33)31-13-5-7-15-37(31)46-38/h2-20,22-24H,1H3. The van der Waals surface area contributed by atoms with Crippen molar-refractivity contribution >= 4 is 76.7 Å². The van der Waals surface area contributed by atoms with E-state index in [1.165, 1.54) is 16.2 Å². The van der Waals surface area contributed by atoms with Crippen molar-refractivity contribution < 1.29 is 4.42 Å². The largest absolute Gasteiger partial charge is 0.456 e. The summed E-state index contributed by atoms with van der Waals surface area (Å²) in [6, 6.07) is 42.7. The molecule has 0 bridgehead atoms. The Morgan fingerprint density at radius 2 is 1.43 bits per heavy atom. The molecule has 4 nitrogen and oxygen atoms in total. The van der Waals surface area contributed by atoms with Gasteiger partial charge in [0.1, 0.15) is 11.2 Å². The van der Waals surface area contributed by atoms with Gasteiger partial charge in [-0.05, 0) is 59.5 Å². The van der Waals surface area contributed by atoms with Crippen molar-refractivity contribution in [2.45, 2.75) is 6.92 Å². The number of allylic oxidation sites excluding steroid dienone is 1. The second kappa shape index (κ2) is 9.39. The molecule has 3 aromatic heterocycles. The first kappa shape index (κ1) is 25.1. The van der Waals surface area contributed by atoms with Crippen LogP contribution in [0.1, 0.15) is 12.5 Å². The molecule has 0 spiro atoms. The van der Waals surface area contributed by atoms with Crippen molar-refractivity contribution in [2.24, 2.45) is 4.99 Å². The maximum atomic E-state index is 6.26. The normalized spacial score (nSPS) is 13.4. The maximum Gasteiger partial charge on any atom is 0.183 e. The van der Waals surface area contributed by atoms with Crippen LogP contribution in [0.4, 0.5) is 0 Å². The fraction of sp³-hybridized carbons (Fsp3) is 0.0238. The molecule has 0 aliphatic carbocycles. The highest BCUT2D eigenvalue weighted by Crippen LogP contribution is 2.40. The van der Waals surface area contributed by atoms with Gasteiger partial charge >= 0.3 is 0 Å². The minimum absolute atomic E-state index is 0.759. The van der Waals surface area contributed by atoms with Crippen molar-refractivity contribution in [3.63, 3.8) is 0 Å². The number of furan rings is 1. The van der Waals surface area contributed by atoms with E-state index in [0.717, 1.165) is 82.2 Å². The molecule has 4 heterocycles. The number of pyridine rings is 1. The first-order valence-corrected chi connectivity index (χ1v) is 15.5. The molecule has 46 heavy (non-hydrogen) atoms. The van der Waals surface area contributed by atoms with Crippen LogP contribution in [0.15, 0.2) is 154 Å². The third-order valence-electron chi connectivity index (χ3n) is 9.37. The summed E-state index contributed by atoms with van der Waals surface area (Å²) in [5, 5.41) is 11.2. The Kier molecular flexibility index (Phi) is 5.13. The lowest BCUT2D eigenvalue weighted by Gasteiger charge is -2.08. The smallest absolute Gasteiger partial charge is 0.183 e. The Balaban J connectivity index is 1.36. The second-order valence-corrected chi connectivity index (χ2v) is 12.0. The summed E-state index contributed by atoms with van der Waals surface area (Å²) in [4.78, 5) is 9.96. The topological polar surface area (TPSA) is 43.3 Å². The van der Waals surface area contributed by atoms with Gasteiger partial charge in [-0.1, -0.05) is 90.7 Å². The van der Waals surface area contributed by atoms with Crippen molar-refractivity contribution in [3.8, 4) is 0 Å². The average molecular weight is 588 g/mol. The molecule has 0 atom stereocenters. The lowest BCUT2D eigenvalue weighted by atomic mass is 9.96. The van der Waals surface area contributed by atoms with E-state index in [4.69, 9.17) is 9.41 Å². The van der Waals surface area contributed by atoms with Crippen LogP contribution in [-0.4, -0.2) is 9.55 Å². The van der Waals surface area contributed by atoms with Gasteiger partial charge in [0.15, 0.2) is 5.82 Å². The Morgan fingerprint density at radius 1 is 0.630 bits per heavy atom. The maximum absolute atomic E-state index is 6.26. The van der Waals surface area contributed by atoms with Crippen molar-refractivity contribution in [2.75, 3.05) is 0 Å². The van der Waals surface area contributed by atoms with Crippen LogP contribution in [0.3, 0.4) is 0 Å². The van der Waals surface area contributed by atoms with Crippen molar-refractivity contribution in [3.05, 3.63) is 161 Å². The third-order valence-corrected chi connectivity index (χ3v) is 9.37. The molecule has 1 aliphatic rings. The number of aromatic nitrogens is 2. The van der Waals surface area contributed by atoms with Gasteiger partial charge in [0.2, 0.25) is 0 Å². The Bertz CT molecular complexity index is 2950. The van der Waals surface area contributed by atoms with E-state index >= 15 is 0 Å². The van der Waals surface area contributed by atoms with Crippen LogP contribution < -0.4 is 10.6 Å². The van der Waals surface area contributed by atoms with Gasteiger partial charge in [-0.15, -0.1) is 0 Å². The number of hydrogen-bond acceptors (Lipinski definition) is 3. The summed E-state index contributed by atoms with van der Waals surface area (Å²) in [5.41, 5.74) is 10.9. The highest BCUT2D eigenvalue weighted by Gasteiger charge is 2.19. The van der Waals surface area contributed by atoms with Crippen LogP contribution in [0.25, 0.3) is 76.7 Å². The minimum Gasteiger partial charge on any atom is -0.456 e. The van der Waals surface area contributed by atoms with Gasteiger partial charge in [0.05, 0.1) is 16.4 Å². The third kappa shape index (κ3) is 3.50. The molecule has 0 radical (unpaired) electrons. The minimum atomic E-state index is 0.759. The highest BCUT2D eigenvalue weighted by molar-refractivity contribution is 6.23. The zero-order chi connectivity index (χ0) is 30.4. The van der Waals surface area contributed by atoms with E-state index in [1.807, 2.05) is 30.6 Å². The van der Waals surface area contributed by atoms with Gasteiger partial charge in [-0.3, -0.25) is 9.55 Å². The quantitative estimate of drug-likeness (QED) is 0.189. The molecule has 10 rings (SSSR count). The van der Waals surface area contributed by atoms with Crippen LogP contribution in [0, 0.1) is 0 Å². The van der Waals surface area contributed by atoms with Gasteiger partial charge in [0.25, 0.3) is 0 Å². The fourth-order valence-corrected chi connectivity index (χ4v) is 7.37. The van der Waals surface area contributed by atoms with Crippen molar-refractivity contribution in [1.82, 2.24) is 9.55 Å². The van der Waals surface area contributed by atoms with Gasteiger partial charge in [-0.2, -0.15) is 0 Å². The van der Waals surface area contributed by atoms with E-state index in [0.29, 0.717) is 0 Å². The fourth-order valence-electron chi connectivity index (χ4n) is 7.37. The number of fused-ring (bicyclic) bond motifs is 11. The van der Waals surface area contributed by atoms with Gasteiger partial charge in [-0.25, -0.2) is 4.99 Å². The van der Waals surface area contributed by atoms with E-state index < -0.39 is 0 Å². The molecule has 0 saturated heterocycles. The van der Waals surface area contributed by atoms with E-state index in [2.05, 4.69) is 125 Å². The molecule has 0 amide bonds. The molecular formula is C42H25N3O. The molecule has 0 fully saturated rings. The number of hydrogen-bond donors (Lipinski definition) is 0. The molecule has 0 N–H and O–H groups in total. The zero-order valence-electron chi connectivity index (χ0n) is 25.0. The summed E-state index contributed by atoms with van der Waals surface area (Å²) in [6.07, 6.45) is 3.74. The molecule has 1 aliphatic heterocycles. The monoisotopic (exact) mass is 587 g/mol. The first-order chi connectivity index (χ1) is 22.7. The van der Waals surface area contributed by atoms with Crippen LogP contribution >= 0.6 is 0 Å².